The molecule has 9 heteroatoms. The first kappa shape index (κ1) is 28.4. The largest absolute Gasteiger partial charge is 0.494 e. The average Bonchev–Trinajstić information content (AvgIpc) is 2.93. The van der Waals surface area contributed by atoms with Gasteiger partial charge in [0.25, 0.3) is 5.91 Å². The highest BCUT2D eigenvalue weighted by molar-refractivity contribution is 7.99. The Hall–Kier alpha value is -2.59. The Kier molecular flexibility index (Phi) is 9.70. The molecule has 0 aliphatic carbocycles. The van der Waals surface area contributed by atoms with Gasteiger partial charge >= 0.3 is 0 Å². The van der Waals surface area contributed by atoms with Gasteiger partial charge in [0.15, 0.2) is 0 Å². The van der Waals surface area contributed by atoms with E-state index in [0.717, 1.165) is 21.8 Å². The second-order valence-electron chi connectivity index (χ2n) is 9.09. The van der Waals surface area contributed by atoms with Crippen molar-refractivity contribution < 1.29 is 29.6 Å². The smallest absolute Gasteiger partial charge is 0.251 e. The van der Waals surface area contributed by atoms with Crippen LogP contribution in [-0.4, -0.2) is 65.1 Å². The van der Waals surface area contributed by atoms with Gasteiger partial charge in [-0.25, -0.2) is 0 Å². The van der Waals surface area contributed by atoms with Crippen molar-refractivity contribution >= 4 is 29.3 Å². The average molecular weight is 558 g/mol. The molecule has 202 valence electrons. The normalized spacial score (nSPS) is 23.2. The van der Waals surface area contributed by atoms with E-state index in [1.807, 2.05) is 43.3 Å². The van der Waals surface area contributed by atoms with Crippen LogP contribution < -0.4 is 10.1 Å². The minimum Gasteiger partial charge on any atom is -0.494 e. The van der Waals surface area contributed by atoms with Gasteiger partial charge in [-0.1, -0.05) is 41.9 Å². The number of carbonyl (C=O) groups is 1. The molecule has 0 aromatic heterocycles. The summed E-state index contributed by atoms with van der Waals surface area (Å²) in [4.78, 5) is 12.8. The Bertz CT molecular complexity index is 1240. The number of benzene rings is 3. The van der Waals surface area contributed by atoms with E-state index in [1.54, 1.807) is 37.4 Å². The molecule has 5 atom stereocenters. The fourth-order valence-electron chi connectivity index (χ4n) is 4.41. The zero-order valence-corrected chi connectivity index (χ0v) is 22.8. The third kappa shape index (κ3) is 6.69. The van der Waals surface area contributed by atoms with Crippen LogP contribution in [0.15, 0.2) is 71.6 Å². The summed E-state index contributed by atoms with van der Waals surface area (Å²) in [5, 5.41) is 35.2. The predicted octanol–water partition coefficient (Wildman–Crippen LogP) is 4.00. The Labute approximate surface area is 231 Å². The number of aliphatic hydroxyl groups is 3. The van der Waals surface area contributed by atoms with Crippen LogP contribution in [0.3, 0.4) is 0 Å². The molecule has 0 spiro atoms. The fraction of sp³-hybridized carbons (Fsp3) is 0.345. The molecule has 38 heavy (non-hydrogen) atoms. The number of carbonyl (C=O) groups excluding carboxylic acids is 1. The lowest BCUT2D eigenvalue weighted by molar-refractivity contribution is -0.218. The van der Waals surface area contributed by atoms with Crippen LogP contribution in [0.2, 0.25) is 5.02 Å². The van der Waals surface area contributed by atoms with E-state index in [1.165, 1.54) is 11.8 Å². The molecule has 1 saturated heterocycles. The monoisotopic (exact) mass is 557 g/mol. The number of aliphatic hydroxyl groups excluding tert-OH is 3. The van der Waals surface area contributed by atoms with Crippen LogP contribution in [0.1, 0.15) is 40.1 Å². The number of hydrogen-bond acceptors (Lipinski definition) is 7. The number of thioether (sulfide) groups is 1. The van der Waals surface area contributed by atoms with Crippen LogP contribution >= 0.6 is 23.4 Å². The van der Waals surface area contributed by atoms with Crippen LogP contribution in [0.4, 0.5) is 0 Å². The van der Waals surface area contributed by atoms with E-state index < -0.39 is 30.5 Å². The standard InChI is InChI=1S/C29H32ClNO6S/c1-3-36-21-10-7-17(8-11-21)13-20-14-18(9-12-23(20)30)28-27(34)26(33)25(32)24(37-28)16-38-22-6-4-5-19(15-22)29(35)31-2/h4-12,14-15,24-28,32-34H,3,13,16H2,1-2H3,(H,31,35)/t24-,25+,26-,27-,28+/m1/s1. The van der Waals surface area contributed by atoms with Gasteiger partial charge in [0.2, 0.25) is 0 Å². The molecule has 0 saturated carbocycles. The first-order chi connectivity index (χ1) is 18.3. The second kappa shape index (κ2) is 13.0. The van der Waals surface area contributed by atoms with Crippen molar-refractivity contribution in [2.75, 3.05) is 19.4 Å². The minimum atomic E-state index is -1.39. The molecule has 4 N–H and O–H groups in total. The van der Waals surface area contributed by atoms with E-state index in [9.17, 15) is 20.1 Å². The molecule has 0 unspecified atom stereocenters. The zero-order chi connectivity index (χ0) is 27.2. The first-order valence-electron chi connectivity index (χ1n) is 12.4. The molecule has 7 nitrogen and oxygen atoms in total. The summed E-state index contributed by atoms with van der Waals surface area (Å²) < 4.78 is 11.7. The summed E-state index contributed by atoms with van der Waals surface area (Å²) in [7, 11) is 1.57. The van der Waals surface area contributed by atoms with Crippen molar-refractivity contribution in [2.24, 2.45) is 0 Å². The van der Waals surface area contributed by atoms with Gasteiger partial charge in [-0.05, 0) is 66.4 Å². The van der Waals surface area contributed by atoms with Gasteiger partial charge in [0, 0.05) is 28.3 Å². The van der Waals surface area contributed by atoms with Gasteiger partial charge in [-0.2, -0.15) is 0 Å². The van der Waals surface area contributed by atoms with Crippen LogP contribution in [0.5, 0.6) is 5.75 Å². The lowest BCUT2D eigenvalue weighted by Crippen LogP contribution is -2.54. The number of amides is 1. The SMILES string of the molecule is CCOc1ccc(Cc2cc([C@@H]3O[C@H](CSc4cccc(C(=O)NC)c4)[C@H](O)[C@@H](O)[C@H]3O)ccc2Cl)cc1. The lowest BCUT2D eigenvalue weighted by atomic mass is 9.90. The van der Waals surface area contributed by atoms with Crippen molar-refractivity contribution in [2.45, 2.75) is 48.8 Å². The molecule has 1 fully saturated rings. The Balaban J connectivity index is 1.49. The quantitative estimate of drug-likeness (QED) is 0.294. The molecular weight excluding hydrogens is 526 g/mol. The molecule has 3 aromatic carbocycles. The van der Waals surface area contributed by atoms with Crippen molar-refractivity contribution in [1.82, 2.24) is 5.32 Å². The van der Waals surface area contributed by atoms with Gasteiger partial charge in [0.1, 0.15) is 30.2 Å². The minimum absolute atomic E-state index is 0.191. The van der Waals surface area contributed by atoms with Crippen molar-refractivity contribution in [3.05, 3.63) is 94.0 Å². The molecule has 1 heterocycles. The van der Waals surface area contributed by atoms with Gasteiger partial charge in [-0.15, -0.1) is 11.8 Å². The maximum atomic E-state index is 11.9. The number of halogens is 1. The fourth-order valence-corrected chi connectivity index (χ4v) is 5.61. The Morgan fingerprint density at radius 2 is 1.79 bits per heavy atom. The summed E-state index contributed by atoms with van der Waals surface area (Å²) in [6.45, 7) is 2.53. The highest BCUT2D eigenvalue weighted by atomic mass is 35.5. The Morgan fingerprint density at radius 1 is 1.03 bits per heavy atom. The van der Waals surface area contributed by atoms with E-state index in [4.69, 9.17) is 21.1 Å². The Morgan fingerprint density at radius 3 is 2.50 bits per heavy atom. The van der Waals surface area contributed by atoms with Crippen molar-refractivity contribution in [3.63, 3.8) is 0 Å². The molecule has 1 aliphatic heterocycles. The summed E-state index contributed by atoms with van der Waals surface area (Å²) in [6.07, 6.45) is -5.02. The van der Waals surface area contributed by atoms with Gasteiger partial charge < -0.3 is 30.1 Å². The van der Waals surface area contributed by atoms with E-state index in [0.29, 0.717) is 34.9 Å². The maximum absolute atomic E-state index is 11.9. The van der Waals surface area contributed by atoms with E-state index in [2.05, 4.69) is 5.32 Å². The molecule has 1 aliphatic rings. The number of ether oxygens (including phenoxy) is 2. The molecule has 4 rings (SSSR count). The van der Waals surface area contributed by atoms with Crippen LogP contribution in [0.25, 0.3) is 0 Å². The molecule has 0 radical (unpaired) electrons. The summed E-state index contributed by atoms with van der Waals surface area (Å²) in [5.41, 5.74) is 3.07. The van der Waals surface area contributed by atoms with E-state index >= 15 is 0 Å². The zero-order valence-electron chi connectivity index (χ0n) is 21.2. The highest BCUT2D eigenvalue weighted by Crippen LogP contribution is 2.36. The topological polar surface area (TPSA) is 108 Å². The predicted molar refractivity (Wildman–Crippen MR) is 148 cm³/mol. The number of hydrogen-bond donors (Lipinski definition) is 4. The van der Waals surface area contributed by atoms with Gasteiger partial charge in [0.05, 0.1) is 12.7 Å². The summed E-state index contributed by atoms with van der Waals surface area (Å²) >= 11 is 7.89. The molecule has 1 amide bonds. The third-order valence-corrected chi connectivity index (χ3v) is 7.93. The second-order valence-corrected chi connectivity index (χ2v) is 10.6. The maximum Gasteiger partial charge on any atom is 0.251 e. The molecule has 3 aromatic rings. The van der Waals surface area contributed by atoms with Crippen molar-refractivity contribution in [1.29, 1.82) is 0 Å². The highest BCUT2D eigenvalue weighted by Gasteiger charge is 2.44. The van der Waals surface area contributed by atoms with Crippen molar-refractivity contribution in [3.8, 4) is 5.75 Å². The third-order valence-electron chi connectivity index (χ3n) is 6.48. The lowest BCUT2D eigenvalue weighted by Gasteiger charge is -2.41. The van der Waals surface area contributed by atoms with Crippen LogP contribution in [0, 0.1) is 0 Å². The first-order valence-corrected chi connectivity index (χ1v) is 13.8. The molecular formula is C29H32ClNO6S. The number of rotatable bonds is 9. The van der Waals surface area contributed by atoms with Gasteiger partial charge in [-0.3, -0.25) is 4.79 Å². The molecule has 0 bridgehead atoms. The van der Waals surface area contributed by atoms with Crippen LogP contribution in [-0.2, 0) is 11.2 Å². The number of nitrogens with one attached hydrogen (secondary N) is 1. The van der Waals surface area contributed by atoms with E-state index in [-0.39, 0.29) is 5.91 Å². The summed E-state index contributed by atoms with van der Waals surface area (Å²) in [6, 6.07) is 20.3. The summed E-state index contributed by atoms with van der Waals surface area (Å²) in [5.74, 6) is 0.918.